The zero-order chi connectivity index (χ0) is 11.8. The Bertz CT molecular complexity index is 342. The Kier molecular flexibility index (Phi) is 3.32. The minimum atomic E-state index is -2.76. The van der Waals surface area contributed by atoms with Crippen LogP contribution in [0.25, 0.3) is 0 Å². The van der Waals surface area contributed by atoms with Crippen LogP contribution >= 0.6 is 0 Å². The summed E-state index contributed by atoms with van der Waals surface area (Å²) in [7, 11) is -2.76. The molecule has 0 aliphatic carbocycles. The molecule has 0 bridgehead atoms. The van der Waals surface area contributed by atoms with E-state index in [9.17, 15) is 8.42 Å². The van der Waals surface area contributed by atoms with Crippen LogP contribution in [0.3, 0.4) is 0 Å². The van der Waals surface area contributed by atoms with Crippen molar-refractivity contribution in [2.45, 2.75) is 45.1 Å². The number of nitrogens with one attached hydrogen (secondary N) is 1. The molecule has 0 amide bonds. The van der Waals surface area contributed by atoms with Gasteiger partial charge in [-0.1, -0.05) is 20.3 Å². The minimum absolute atomic E-state index is 0.0851. The lowest BCUT2D eigenvalue weighted by Gasteiger charge is -2.46. The fourth-order valence-electron chi connectivity index (χ4n) is 3.47. The van der Waals surface area contributed by atoms with Crippen LogP contribution in [0.1, 0.15) is 39.5 Å². The summed E-state index contributed by atoms with van der Waals surface area (Å²) >= 11 is 0. The standard InChI is InChI=1S/C12H23NO2S/c1-10(2)12(6-3-4-7-13-12)11-5-8-16(14,15)9-11/h10-11,13H,3-9H2,1-2H3. The molecule has 2 unspecified atom stereocenters. The first-order valence-electron chi connectivity index (χ1n) is 6.42. The quantitative estimate of drug-likeness (QED) is 0.803. The Morgan fingerprint density at radius 3 is 2.50 bits per heavy atom. The van der Waals surface area contributed by atoms with Crippen LogP contribution in [0.2, 0.25) is 0 Å². The second-order valence-corrected chi connectivity index (χ2v) is 7.91. The summed E-state index contributed by atoms with van der Waals surface area (Å²) < 4.78 is 23.2. The molecule has 1 N–H and O–H groups in total. The summed E-state index contributed by atoms with van der Waals surface area (Å²) in [6.45, 7) is 5.50. The van der Waals surface area contributed by atoms with E-state index in [2.05, 4.69) is 19.2 Å². The Morgan fingerprint density at radius 2 is 2.06 bits per heavy atom. The van der Waals surface area contributed by atoms with Crippen molar-refractivity contribution >= 4 is 9.84 Å². The van der Waals surface area contributed by atoms with E-state index in [0.717, 1.165) is 19.4 Å². The van der Waals surface area contributed by atoms with E-state index >= 15 is 0 Å². The fraction of sp³-hybridized carbons (Fsp3) is 1.00. The zero-order valence-electron chi connectivity index (χ0n) is 10.3. The molecule has 0 spiro atoms. The van der Waals surface area contributed by atoms with Gasteiger partial charge < -0.3 is 5.32 Å². The van der Waals surface area contributed by atoms with E-state index < -0.39 is 9.84 Å². The number of hydrogen-bond donors (Lipinski definition) is 1. The average molecular weight is 245 g/mol. The lowest BCUT2D eigenvalue weighted by Crippen LogP contribution is -2.58. The van der Waals surface area contributed by atoms with Crippen LogP contribution < -0.4 is 5.32 Å². The van der Waals surface area contributed by atoms with Crippen molar-refractivity contribution in [3.05, 3.63) is 0 Å². The van der Waals surface area contributed by atoms with Gasteiger partial charge >= 0.3 is 0 Å². The van der Waals surface area contributed by atoms with Crippen molar-refractivity contribution in [2.75, 3.05) is 18.1 Å². The molecule has 2 rings (SSSR count). The van der Waals surface area contributed by atoms with Gasteiger partial charge in [0.2, 0.25) is 0 Å². The predicted octanol–water partition coefficient (Wildman–Crippen LogP) is 1.59. The summed E-state index contributed by atoms with van der Waals surface area (Å²) in [5.74, 6) is 1.65. The molecule has 0 aromatic rings. The monoisotopic (exact) mass is 245 g/mol. The van der Waals surface area contributed by atoms with Crippen LogP contribution in [0.5, 0.6) is 0 Å². The summed E-state index contributed by atoms with van der Waals surface area (Å²) in [5.41, 5.74) is 0.0851. The molecule has 4 heteroatoms. The topological polar surface area (TPSA) is 46.2 Å². The molecule has 2 aliphatic heterocycles. The van der Waals surface area contributed by atoms with Gasteiger partial charge in [0.25, 0.3) is 0 Å². The van der Waals surface area contributed by atoms with E-state index in [1.807, 2.05) is 0 Å². The average Bonchev–Trinajstić information content (AvgIpc) is 2.60. The maximum Gasteiger partial charge on any atom is 0.150 e. The molecule has 2 aliphatic rings. The van der Waals surface area contributed by atoms with Crippen molar-refractivity contribution in [3.8, 4) is 0 Å². The van der Waals surface area contributed by atoms with Crippen LogP contribution in [-0.4, -0.2) is 32.0 Å². The van der Waals surface area contributed by atoms with Gasteiger partial charge in [-0.3, -0.25) is 0 Å². The molecule has 16 heavy (non-hydrogen) atoms. The van der Waals surface area contributed by atoms with Gasteiger partial charge in [-0.25, -0.2) is 8.42 Å². The third-order valence-electron chi connectivity index (χ3n) is 4.46. The highest BCUT2D eigenvalue weighted by atomic mass is 32.2. The first kappa shape index (κ1) is 12.4. The van der Waals surface area contributed by atoms with Crippen molar-refractivity contribution in [2.24, 2.45) is 11.8 Å². The number of rotatable bonds is 2. The second kappa shape index (κ2) is 4.30. The third-order valence-corrected chi connectivity index (χ3v) is 6.23. The summed E-state index contributed by atoms with van der Waals surface area (Å²) in [4.78, 5) is 0. The van der Waals surface area contributed by atoms with Crippen molar-refractivity contribution < 1.29 is 8.42 Å². The molecule has 0 aromatic heterocycles. The first-order valence-corrected chi connectivity index (χ1v) is 8.24. The summed E-state index contributed by atoms with van der Waals surface area (Å²) in [5, 5.41) is 3.65. The van der Waals surface area contributed by atoms with Gasteiger partial charge in [0.15, 0.2) is 9.84 Å². The minimum Gasteiger partial charge on any atom is -0.311 e. The van der Waals surface area contributed by atoms with E-state index in [-0.39, 0.29) is 5.54 Å². The van der Waals surface area contributed by atoms with Gasteiger partial charge in [-0.15, -0.1) is 0 Å². The van der Waals surface area contributed by atoms with Crippen molar-refractivity contribution in [1.29, 1.82) is 0 Å². The maximum atomic E-state index is 11.6. The normalized spacial score (nSPS) is 39.1. The van der Waals surface area contributed by atoms with Crippen LogP contribution in [-0.2, 0) is 9.84 Å². The summed E-state index contributed by atoms with van der Waals surface area (Å²) in [6.07, 6.45) is 4.47. The molecule has 2 atom stereocenters. The number of sulfone groups is 1. The smallest absolute Gasteiger partial charge is 0.150 e. The van der Waals surface area contributed by atoms with Crippen molar-refractivity contribution in [1.82, 2.24) is 5.32 Å². The Balaban J connectivity index is 2.20. The Morgan fingerprint density at radius 1 is 1.31 bits per heavy atom. The SMILES string of the molecule is CC(C)C1(C2CCS(=O)(=O)C2)CCCCN1. The zero-order valence-corrected chi connectivity index (χ0v) is 11.1. The molecule has 2 heterocycles. The van der Waals surface area contributed by atoms with Crippen LogP contribution in [0.15, 0.2) is 0 Å². The van der Waals surface area contributed by atoms with Gasteiger partial charge in [-0.2, -0.15) is 0 Å². The maximum absolute atomic E-state index is 11.6. The molecular formula is C12H23NO2S. The number of hydrogen-bond acceptors (Lipinski definition) is 3. The molecule has 0 aromatic carbocycles. The van der Waals surface area contributed by atoms with Gasteiger partial charge in [-0.05, 0) is 37.6 Å². The molecule has 2 saturated heterocycles. The third kappa shape index (κ3) is 2.14. The molecule has 3 nitrogen and oxygen atoms in total. The lowest BCUT2D eigenvalue weighted by molar-refractivity contribution is 0.118. The largest absolute Gasteiger partial charge is 0.311 e. The summed E-state index contributed by atoms with van der Waals surface area (Å²) in [6, 6.07) is 0. The number of piperidine rings is 1. The molecule has 2 fully saturated rings. The van der Waals surface area contributed by atoms with Crippen LogP contribution in [0, 0.1) is 11.8 Å². The second-order valence-electron chi connectivity index (χ2n) is 5.68. The highest BCUT2D eigenvalue weighted by Gasteiger charge is 2.46. The highest BCUT2D eigenvalue weighted by Crippen LogP contribution is 2.39. The molecule has 94 valence electrons. The van der Waals surface area contributed by atoms with Gasteiger partial charge in [0.1, 0.15) is 0 Å². The molecule has 0 radical (unpaired) electrons. The Hall–Kier alpha value is -0.0900. The van der Waals surface area contributed by atoms with E-state index in [1.165, 1.54) is 12.8 Å². The fourth-order valence-corrected chi connectivity index (χ4v) is 5.35. The van der Waals surface area contributed by atoms with Crippen molar-refractivity contribution in [3.63, 3.8) is 0 Å². The molecule has 0 saturated carbocycles. The van der Waals surface area contributed by atoms with Gasteiger partial charge in [0.05, 0.1) is 11.5 Å². The van der Waals surface area contributed by atoms with E-state index in [4.69, 9.17) is 0 Å². The first-order chi connectivity index (χ1) is 7.46. The van der Waals surface area contributed by atoms with Crippen LogP contribution in [0.4, 0.5) is 0 Å². The molecular weight excluding hydrogens is 222 g/mol. The van der Waals surface area contributed by atoms with E-state index in [1.54, 1.807) is 0 Å². The lowest BCUT2D eigenvalue weighted by atomic mass is 9.70. The highest BCUT2D eigenvalue weighted by molar-refractivity contribution is 7.91. The predicted molar refractivity (Wildman–Crippen MR) is 66.2 cm³/mol. The van der Waals surface area contributed by atoms with Gasteiger partial charge in [0, 0.05) is 5.54 Å². The van der Waals surface area contributed by atoms with E-state index in [0.29, 0.717) is 23.3 Å². The Labute approximate surface area is 98.9 Å².